The Hall–Kier alpha value is -7.83. The van der Waals surface area contributed by atoms with Crippen molar-refractivity contribution in [1.29, 1.82) is 0 Å². The molecule has 8 rings (SSSR count). The summed E-state index contributed by atoms with van der Waals surface area (Å²) in [4.78, 5) is 66.5. The van der Waals surface area contributed by atoms with Gasteiger partial charge in [0.05, 0.1) is 41.7 Å². The first-order valence-electron chi connectivity index (χ1n) is 22.7. The van der Waals surface area contributed by atoms with E-state index in [0.29, 0.717) is 114 Å². The molecule has 1 atom stereocenters. The smallest absolute Gasteiger partial charge is 0.276 e. The summed E-state index contributed by atoms with van der Waals surface area (Å²) in [6.07, 6.45) is 4.65. The van der Waals surface area contributed by atoms with Crippen molar-refractivity contribution in [3.8, 4) is 11.5 Å². The van der Waals surface area contributed by atoms with Crippen LogP contribution in [-0.2, 0) is 30.9 Å². The number of aryl methyl sites for hydroxylation is 4. The Morgan fingerprint density at radius 3 is 1.77 bits per heavy atom. The number of carbonyl (C=O) groups excluding carboxylic acids is 4. The second kappa shape index (κ2) is 21.0. The number of morpholine rings is 1. The number of imidazole rings is 2. The summed E-state index contributed by atoms with van der Waals surface area (Å²) < 4.78 is 26.0. The highest BCUT2D eigenvalue weighted by Crippen LogP contribution is 2.34. The van der Waals surface area contributed by atoms with Crippen molar-refractivity contribution in [2.45, 2.75) is 72.8 Å². The van der Waals surface area contributed by atoms with E-state index < -0.39 is 23.8 Å². The number of hydrazone groups is 1. The summed E-state index contributed by atoms with van der Waals surface area (Å²) in [6.45, 7) is 11.1. The Labute approximate surface area is 396 Å². The van der Waals surface area contributed by atoms with Crippen molar-refractivity contribution >= 4 is 63.4 Å². The van der Waals surface area contributed by atoms with Crippen LogP contribution in [0.5, 0.6) is 11.5 Å². The largest absolute Gasteiger partial charge is 0.490 e. The number of benzene rings is 2. The number of allylic oxidation sites excluding steroid dienone is 2. The van der Waals surface area contributed by atoms with E-state index in [1.54, 1.807) is 54.9 Å². The number of hydrogen-bond donors (Lipinski definition) is 7. The quantitative estimate of drug-likeness (QED) is 0.0218. The molecule has 364 valence electrons. The average molecular weight is 948 g/mol. The van der Waals surface area contributed by atoms with Crippen LogP contribution in [0.25, 0.3) is 22.1 Å². The van der Waals surface area contributed by atoms with Crippen LogP contribution in [0.2, 0.25) is 0 Å². The minimum absolute atomic E-state index is 0.0644. The SMILES string of the molecule is CCn1nc(C)cc1C(=O)Nc1nc2cc(C(N)=O)cc3c2n1C/C=C/Cn1c(NC(=O)c2cc(C)nn2CC)nc2cc(C(=O)NCCC/C(=N/N)NN)cc(c21)OCC(N1CCOCC1)CO3. The summed E-state index contributed by atoms with van der Waals surface area (Å²) in [5.74, 6) is 10.3. The van der Waals surface area contributed by atoms with Gasteiger partial charge in [-0.25, -0.2) is 15.8 Å². The molecule has 2 aliphatic rings. The van der Waals surface area contributed by atoms with Gasteiger partial charge in [0.2, 0.25) is 17.8 Å². The summed E-state index contributed by atoms with van der Waals surface area (Å²) in [5, 5.41) is 21.4. The number of ether oxygens (including phenoxy) is 3. The summed E-state index contributed by atoms with van der Waals surface area (Å²) in [6, 6.07) is 9.43. The Morgan fingerprint density at radius 2 is 1.28 bits per heavy atom. The number of carbonyl (C=O) groups is 4. The lowest BCUT2D eigenvalue weighted by Crippen LogP contribution is -2.49. The van der Waals surface area contributed by atoms with Gasteiger partial charge in [0.25, 0.3) is 17.7 Å². The molecule has 1 unspecified atom stereocenters. The van der Waals surface area contributed by atoms with Crippen molar-refractivity contribution in [1.82, 2.24) is 54.3 Å². The molecular formula is C45H57N17O7. The van der Waals surface area contributed by atoms with Gasteiger partial charge in [0.1, 0.15) is 53.0 Å². The molecule has 4 amide bonds. The molecule has 0 radical (unpaired) electrons. The average Bonchev–Trinajstić information content (AvgIpc) is 4.12. The van der Waals surface area contributed by atoms with Gasteiger partial charge in [-0.3, -0.25) is 44.1 Å². The highest BCUT2D eigenvalue weighted by molar-refractivity contribution is 6.05. The summed E-state index contributed by atoms with van der Waals surface area (Å²) >= 11 is 0. The van der Waals surface area contributed by atoms with E-state index >= 15 is 0 Å². The Kier molecular flexibility index (Phi) is 14.5. The minimum Gasteiger partial charge on any atom is -0.490 e. The highest BCUT2D eigenvalue weighted by Gasteiger charge is 2.28. The van der Waals surface area contributed by atoms with Gasteiger partial charge in [0.15, 0.2) is 0 Å². The number of anilines is 2. The third-order valence-corrected chi connectivity index (χ3v) is 11.8. The van der Waals surface area contributed by atoms with E-state index in [2.05, 4.69) is 41.6 Å². The molecule has 10 N–H and O–H groups in total. The van der Waals surface area contributed by atoms with Crippen LogP contribution in [0.3, 0.4) is 0 Å². The van der Waals surface area contributed by atoms with E-state index in [0.717, 1.165) is 0 Å². The number of primary amides is 1. The van der Waals surface area contributed by atoms with Gasteiger partial charge >= 0.3 is 0 Å². The fraction of sp³-hybridized carbons (Fsp3) is 0.400. The zero-order valence-corrected chi connectivity index (χ0v) is 39.0. The molecule has 6 heterocycles. The number of amidine groups is 1. The fourth-order valence-electron chi connectivity index (χ4n) is 8.44. The lowest BCUT2D eigenvalue weighted by Gasteiger charge is -2.34. The highest BCUT2D eigenvalue weighted by atomic mass is 16.5. The second-order valence-electron chi connectivity index (χ2n) is 16.5. The number of aromatic nitrogens is 8. The van der Waals surface area contributed by atoms with Crippen molar-refractivity contribution in [2.75, 3.05) is 56.7 Å². The van der Waals surface area contributed by atoms with Crippen LogP contribution in [0.1, 0.15) is 79.8 Å². The van der Waals surface area contributed by atoms with E-state index in [4.69, 9.17) is 41.6 Å². The fourth-order valence-corrected chi connectivity index (χ4v) is 8.44. The van der Waals surface area contributed by atoms with Gasteiger partial charge in [-0.1, -0.05) is 12.2 Å². The molecule has 1 fully saturated rings. The molecule has 0 aliphatic carbocycles. The van der Waals surface area contributed by atoms with Gasteiger partial charge in [-0.2, -0.15) is 15.3 Å². The molecule has 4 aromatic heterocycles. The van der Waals surface area contributed by atoms with E-state index in [1.807, 2.05) is 39.8 Å². The number of rotatable bonds is 13. The van der Waals surface area contributed by atoms with E-state index in [-0.39, 0.29) is 61.8 Å². The molecular weight excluding hydrogens is 891 g/mol. The maximum atomic E-state index is 14.0. The van der Waals surface area contributed by atoms with Gasteiger partial charge in [0, 0.05) is 63.4 Å². The first kappa shape index (κ1) is 47.7. The molecule has 24 nitrogen and oxygen atoms in total. The van der Waals surface area contributed by atoms with Crippen LogP contribution in [0, 0.1) is 13.8 Å². The van der Waals surface area contributed by atoms with Crippen LogP contribution in [0.4, 0.5) is 11.9 Å². The monoisotopic (exact) mass is 947 g/mol. The zero-order valence-electron chi connectivity index (χ0n) is 39.0. The third-order valence-electron chi connectivity index (χ3n) is 11.8. The molecule has 0 spiro atoms. The molecule has 2 aromatic carbocycles. The number of nitrogens with zero attached hydrogens (tertiary/aromatic N) is 10. The lowest BCUT2D eigenvalue weighted by molar-refractivity contribution is -0.00548. The predicted molar refractivity (Wildman–Crippen MR) is 256 cm³/mol. The number of hydrazine groups is 1. The van der Waals surface area contributed by atoms with Crippen molar-refractivity contribution in [2.24, 2.45) is 22.5 Å². The van der Waals surface area contributed by atoms with Gasteiger partial charge in [-0.05, 0) is 70.5 Å². The molecule has 1 saturated heterocycles. The first-order valence-corrected chi connectivity index (χ1v) is 22.7. The number of nitrogens with two attached hydrogens (primary N) is 3. The van der Waals surface area contributed by atoms with E-state index in [1.165, 1.54) is 0 Å². The topological polar surface area (TPSA) is 309 Å². The number of hydrogen-bond acceptors (Lipinski definition) is 15. The number of nitrogens with one attached hydrogen (secondary N) is 4. The molecule has 69 heavy (non-hydrogen) atoms. The summed E-state index contributed by atoms with van der Waals surface area (Å²) in [5.41, 5.74) is 12.5. The van der Waals surface area contributed by atoms with Crippen molar-refractivity contribution in [3.05, 3.63) is 82.5 Å². The summed E-state index contributed by atoms with van der Waals surface area (Å²) in [7, 11) is 0. The standard InChI is InChI=1S/C45H57N17O7/c1-5-61-33(18-26(3)56-61)42(65)52-44-50-31-20-28(40(46)63)22-35-38(31)59(44)12-7-8-13-60-39-32(51-45(60)53-43(66)34-19-27(4)57-62(34)6-2)21-29(41(64)49-11-9-10-37(54-47)55-48)23-36(39)69-25-30(24-68-35)58-14-16-67-17-15-58/h7-8,18-23,30H,5-6,9-17,24-25,47-48H2,1-4H3,(H2,46,63)(H,49,64)(H,54,55)(H,50,52,65)(H,51,53,66)/b8-7+. The molecule has 0 saturated carbocycles. The molecule has 24 heteroatoms. The van der Waals surface area contributed by atoms with Crippen molar-refractivity contribution < 1.29 is 33.4 Å². The minimum atomic E-state index is -0.689. The maximum absolute atomic E-state index is 14.0. The van der Waals surface area contributed by atoms with Crippen LogP contribution >= 0.6 is 0 Å². The van der Waals surface area contributed by atoms with Gasteiger partial charge in [-0.15, -0.1) is 0 Å². The lowest BCUT2D eigenvalue weighted by atomic mass is 10.1. The van der Waals surface area contributed by atoms with E-state index in [9.17, 15) is 19.2 Å². The van der Waals surface area contributed by atoms with Crippen molar-refractivity contribution in [3.63, 3.8) is 0 Å². The van der Waals surface area contributed by atoms with Crippen LogP contribution < -0.4 is 48.3 Å². The van der Waals surface area contributed by atoms with Crippen LogP contribution in [0.15, 0.2) is 53.7 Å². The third kappa shape index (κ3) is 10.4. The normalized spacial score (nSPS) is 16.2. The number of amides is 4. The zero-order chi connectivity index (χ0) is 48.8. The Balaban J connectivity index is 1.24. The maximum Gasteiger partial charge on any atom is 0.276 e. The Bertz CT molecular complexity index is 2960. The molecule has 6 aromatic rings. The predicted octanol–water partition coefficient (Wildman–Crippen LogP) is 2.01. The molecule has 2 aliphatic heterocycles. The van der Waals surface area contributed by atoms with Gasteiger partial charge < -0.3 is 45.7 Å². The van der Waals surface area contributed by atoms with Crippen LogP contribution in [-0.4, -0.2) is 125 Å². The Morgan fingerprint density at radius 1 is 0.754 bits per heavy atom. The first-order chi connectivity index (χ1) is 33.4. The molecule has 0 bridgehead atoms. The second-order valence-corrected chi connectivity index (χ2v) is 16.5.